The summed E-state index contributed by atoms with van der Waals surface area (Å²) in [6, 6.07) is 10.8. The number of carbonyl (C=O) groups is 1. The number of nitrogens with one attached hydrogen (secondary N) is 1. The molecule has 5 nitrogen and oxygen atoms in total. The third-order valence-electron chi connectivity index (χ3n) is 4.28. The van der Waals surface area contributed by atoms with E-state index in [-0.39, 0.29) is 11.7 Å². The van der Waals surface area contributed by atoms with Gasteiger partial charge in [-0.05, 0) is 55.7 Å². The van der Waals surface area contributed by atoms with Crippen LogP contribution in [0, 0.1) is 12.7 Å². The van der Waals surface area contributed by atoms with Crippen LogP contribution < -0.4 is 14.8 Å². The van der Waals surface area contributed by atoms with Gasteiger partial charge in [-0.2, -0.15) is 0 Å². The van der Waals surface area contributed by atoms with E-state index in [1.807, 2.05) is 31.2 Å². The molecule has 0 aliphatic carbocycles. The first-order valence-electron chi connectivity index (χ1n) is 9.41. The first-order chi connectivity index (χ1) is 13.3. The number of amides is 1. The second-order valence-electron chi connectivity index (χ2n) is 6.89. The molecule has 0 aliphatic heterocycles. The van der Waals surface area contributed by atoms with Crippen molar-refractivity contribution >= 4 is 5.91 Å². The topological polar surface area (TPSA) is 50.8 Å². The van der Waals surface area contributed by atoms with E-state index in [0.717, 1.165) is 11.1 Å². The van der Waals surface area contributed by atoms with Crippen LogP contribution in [0.3, 0.4) is 0 Å². The second-order valence-corrected chi connectivity index (χ2v) is 6.89. The monoisotopic (exact) mass is 388 g/mol. The summed E-state index contributed by atoms with van der Waals surface area (Å²) in [4.78, 5) is 13.5. The molecule has 1 amide bonds. The molecule has 0 aromatic heterocycles. The third-order valence-corrected chi connectivity index (χ3v) is 4.28. The van der Waals surface area contributed by atoms with Gasteiger partial charge in [0.15, 0.2) is 17.6 Å². The van der Waals surface area contributed by atoms with Crippen molar-refractivity contribution < 1.29 is 18.7 Å². The molecule has 2 aromatic rings. The average Bonchev–Trinajstić information content (AvgIpc) is 2.66. The van der Waals surface area contributed by atoms with Crippen LogP contribution in [-0.4, -0.2) is 37.6 Å². The van der Waals surface area contributed by atoms with Crippen LogP contribution in [0.25, 0.3) is 0 Å². The fourth-order valence-corrected chi connectivity index (χ4v) is 2.80. The van der Waals surface area contributed by atoms with Crippen molar-refractivity contribution in [1.82, 2.24) is 10.2 Å². The molecule has 0 radical (unpaired) electrons. The molecule has 0 aliphatic rings. The van der Waals surface area contributed by atoms with E-state index in [0.29, 0.717) is 36.8 Å². The molecule has 6 heteroatoms. The number of nitrogens with zero attached hydrogens (tertiary/aromatic N) is 1. The van der Waals surface area contributed by atoms with Gasteiger partial charge >= 0.3 is 0 Å². The molecule has 2 rings (SSSR count). The van der Waals surface area contributed by atoms with E-state index in [1.165, 1.54) is 11.0 Å². The Balaban J connectivity index is 2.02. The number of carbonyl (C=O) groups excluding carboxylic acids is 1. The maximum absolute atomic E-state index is 13.4. The number of likely N-dealkylation sites (N-methyl/N-ethyl adjacent to an activating group) is 1. The molecular formula is C22H29FN2O3. The van der Waals surface area contributed by atoms with Gasteiger partial charge < -0.3 is 19.7 Å². The van der Waals surface area contributed by atoms with Crippen LogP contribution >= 0.6 is 0 Å². The van der Waals surface area contributed by atoms with Gasteiger partial charge in [0.05, 0.1) is 6.61 Å². The number of aryl methyl sites for hydroxylation is 1. The number of hydrogen-bond acceptors (Lipinski definition) is 4. The molecule has 0 saturated heterocycles. The van der Waals surface area contributed by atoms with Crippen LogP contribution in [0.2, 0.25) is 0 Å². The highest BCUT2D eigenvalue weighted by Crippen LogP contribution is 2.29. The van der Waals surface area contributed by atoms with Gasteiger partial charge in [0.1, 0.15) is 5.82 Å². The smallest absolute Gasteiger partial charge is 0.262 e. The minimum Gasteiger partial charge on any atom is -0.490 e. The second kappa shape index (κ2) is 10.1. The quantitative estimate of drug-likeness (QED) is 0.712. The molecule has 1 unspecified atom stereocenters. The van der Waals surface area contributed by atoms with Crippen LogP contribution in [0.5, 0.6) is 11.5 Å². The minimum atomic E-state index is -0.597. The van der Waals surface area contributed by atoms with E-state index in [4.69, 9.17) is 9.47 Å². The van der Waals surface area contributed by atoms with Crippen LogP contribution in [0.1, 0.15) is 30.5 Å². The summed E-state index contributed by atoms with van der Waals surface area (Å²) in [5, 5.41) is 3.35. The fourth-order valence-electron chi connectivity index (χ4n) is 2.80. The normalized spacial score (nSPS) is 11.8. The maximum Gasteiger partial charge on any atom is 0.262 e. The first kappa shape index (κ1) is 21.7. The Hall–Kier alpha value is -2.60. The molecule has 0 bridgehead atoms. The van der Waals surface area contributed by atoms with E-state index >= 15 is 0 Å². The summed E-state index contributed by atoms with van der Waals surface area (Å²) in [7, 11) is 3.39. The lowest BCUT2D eigenvalue weighted by Crippen LogP contribution is -2.35. The van der Waals surface area contributed by atoms with Crippen molar-refractivity contribution in [3.63, 3.8) is 0 Å². The standard InChI is InChI=1S/C22H29FN2O3/c1-6-27-21-12-18(8-10-20(21)28-16(3)22(26)25(4)5)14-24-13-17-7-9-19(23)15(2)11-17/h7-12,16,24H,6,13-14H2,1-5H3. The zero-order valence-corrected chi connectivity index (χ0v) is 17.2. The summed E-state index contributed by atoms with van der Waals surface area (Å²) in [6.45, 7) is 7.14. The summed E-state index contributed by atoms with van der Waals surface area (Å²) in [6.07, 6.45) is -0.597. The number of benzene rings is 2. The largest absolute Gasteiger partial charge is 0.490 e. The van der Waals surface area contributed by atoms with Crippen molar-refractivity contribution in [2.24, 2.45) is 0 Å². The van der Waals surface area contributed by atoms with Gasteiger partial charge in [0.2, 0.25) is 0 Å². The van der Waals surface area contributed by atoms with Crippen molar-refractivity contribution in [3.8, 4) is 11.5 Å². The number of halogens is 1. The summed E-state index contributed by atoms with van der Waals surface area (Å²) in [5.74, 6) is 0.853. The first-order valence-corrected chi connectivity index (χ1v) is 9.41. The zero-order valence-electron chi connectivity index (χ0n) is 17.2. The number of hydrogen-bond donors (Lipinski definition) is 1. The van der Waals surface area contributed by atoms with E-state index in [2.05, 4.69) is 5.32 Å². The van der Waals surface area contributed by atoms with Crippen molar-refractivity contribution in [1.29, 1.82) is 0 Å². The van der Waals surface area contributed by atoms with E-state index in [1.54, 1.807) is 34.0 Å². The van der Waals surface area contributed by atoms with E-state index in [9.17, 15) is 9.18 Å². The fraction of sp³-hybridized carbons (Fsp3) is 0.409. The molecular weight excluding hydrogens is 359 g/mol. The molecule has 0 heterocycles. The van der Waals surface area contributed by atoms with Crippen LogP contribution in [-0.2, 0) is 17.9 Å². The van der Waals surface area contributed by atoms with Crippen molar-refractivity contribution in [2.45, 2.75) is 40.0 Å². The van der Waals surface area contributed by atoms with Crippen molar-refractivity contribution in [3.05, 3.63) is 58.9 Å². The predicted octanol–water partition coefficient (Wildman–Crippen LogP) is 3.68. The molecule has 28 heavy (non-hydrogen) atoms. The van der Waals surface area contributed by atoms with E-state index < -0.39 is 6.10 Å². The Labute approximate surface area is 166 Å². The Bertz CT molecular complexity index is 808. The Morgan fingerprint density at radius 3 is 2.36 bits per heavy atom. The Morgan fingerprint density at radius 1 is 1.11 bits per heavy atom. The van der Waals surface area contributed by atoms with Gasteiger partial charge in [-0.3, -0.25) is 4.79 Å². The van der Waals surface area contributed by atoms with Crippen LogP contribution in [0.15, 0.2) is 36.4 Å². The van der Waals surface area contributed by atoms with Gasteiger partial charge in [-0.15, -0.1) is 0 Å². The average molecular weight is 388 g/mol. The van der Waals surface area contributed by atoms with Gasteiger partial charge in [0, 0.05) is 27.2 Å². The highest BCUT2D eigenvalue weighted by Gasteiger charge is 2.18. The molecule has 2 aromatic carbocycles. The van der Waals surface area contributed by atoms with Gasteiger partial charge in [-0.25, -0.2) is 4.39 Å². The van der Waals surface area contributed by atoms with Gasteiger partial charge in [-0.1, -0.05) is 18.2 Å². The Kier molecular flexibility index (Phi) is 7.81. The number of ether oxygens (including phenoxy) is 2. The van der Waals surface area contributed by atoms with Gasteiger partial charge in [0.25, 0.3) is 5.91 Å². The lowest BCUT2D eigenvalue weighted by molar-refractivity contribution is -0.135. The molecule has 0 saturated carbocycles. The molecule has 152 valence electrons. The summed E-state index contributed by atoms with van der Waals surface area (Å²) >= 11 is 0. The number of rotatable bonds is 9. The Morgan fingerprint density at radius 2 is 1.75 bits per heavy atom. The zero-order chi connectivity index (χ0) is 20.7. The summed E-state index contributed by atoms with van der Waals surface area (Å²) < 4.78 is 24.9. The highest BCUT2D eigenvalue weighted by atomic mass is 19.1. The lowest BCUT2D eigenvalue weighted by Gasteiger charge is -2.20. The third kappa shape index (κ3) is 5.96. The SMILES string of the molecule is CCOc1cc(CNCc2ccc(F)c(C)c2)ccc1OC(C)C(=O)N(C)C. The lowest BCUT2D eigenvalue weighted by atomic mass is 10.1. The molecule has 0 spiro atoms. The van der Waals surface area contributed by atoms with Crippen LogP contribution in [0.4, 0.5) is 4.39 Å². The molecule has 1 atom stereocenters. The predicted molar refractivity (Wildman–Crippen MR) is 108 cm³/mol. The highest BCUT2D eigenvalue weighted by molar-refractivity contribution is 5.80. The minimum absolute atomic E-state index is 0.109. The summed E-state index contributed by atoms with van der Waals surface area (Å²) in [5.41, 5.74) is 2.70. The molecule has 0 fully saturated rings. The molecule has 1 N–H and O–H groups in total. The maximum atomic E-state index is 13.4. The van der Waals surface area contributed by atoms with Crippen molar-refractivity contribution in [2.75, 3.05) is 20.7 Å².